The van der Waals surface area contributed by atoms with E-state index in [0.717, 1.165) is 24.2 Å². The molecule has 0 saturated carbocycles. The molecule has 1 aromatic heterocycles. The van der Waals surface area contributed by atoms with Gasteiger partial charge < -0.3 is 10.2 Å². The largest absolute Gasteiger partial charge is 0.362 e. The fourth-order valence-corrected chi connectivity index (χ4v) is 2.91. The molecule has 16 heavy (non-hydrogen) atoms. The summed E-state index contributed by atoms with van der Waals surface area (Å²) in [5, 5.41) is 3.58. The first kappa shape index (κ1) is 9.94. The fourth-order valence-electron chi connectivity index (χ4n) is 2.91. The summed E-state index contributed by atoms with van der Waals surface area (Å²) < 4.78 is 0. The maximum Gasteiger partial charge on any atom is 0.153 e. The van der Waals surface area contributed by atoms with Crippen molar-refractivity contribution in [3.63, 3.8) is 0 Å². The van der Waals surface area contributed by atoms with Crippen molar-refractivity contribution in [2.24, 2.45) is 11.8 Å². The molecule has 0 radical (unpaired) electrons. The van der Waals surface area contributed by atoms with E-state index in [1.54, 1.807) is 0 Å². The second-order valence-corrected chi connectivity index (χ2v) is 5.26. The number of nitrogens with zero attached hydrogens (tertiary/aromatic N) is 2. The molecule has 1 N–H and O–H groups in total. The highest BCUT2D eigenvalue weighted by Gasteiger charge is 2.35. The number of hydrogen-bond donors (Lipinski definition) is 1. The normalized spacial score (nSPS) is 27.6. The summed E-state index contributed by atoms with van der Waals surface area (Å²) in [5.74, 6) is 2.79. The summed E-state index contributed by atoms with van der Waals surface area (Å²) in [6.45, 7) is 5.81. The van der Waals surface area contributed by atoms with E-state index in [0.29, 0.717) is 6.17 Å². The summed E-state index contributed by atoms with van der Waals surface area (Å²) >= 11 is 0. The van der Waals surface area contributed by atoms with E-state index in [9.17, 15) is 0 Å². The lowest BCUT2D eigenvalue weighted by atomic mass is 9.85. The molecule has 3 heteroatoms. The zero-order chi connectivity index (χ0) is 11.1. The van der Waals surface area contributed by atoms with Gasteiger partial charge in [0, 0.05) is 12.7 Å². The van der Waals surface area contributed by atoms with Crippen LogP contribution in [0.2, 0.25) is 0 Å². The van der Waals surface area contributed by atoms with Crippen LogP contribution >= 0.6 is 0 Å². The van der Waals surface area contributed by atoms with Crippen LogP contribution in [0.5, 0.6) is 0 Å². The SMILES string of the molecule is CC(C)C1CCN2c3ncccc3N[C@@H]2C1. The number of fused-ring (bicyclic) bond motifs is 3. The summed E-state index contributed by atoms with van der Waals surface area (Å²) in [5.41, 5.74) is 1.21. The Kier molecular flexibility index (Phi) is 2.27. The van der Waals surface area contributed by atoms with E-state index in [2.05, 4.69) is 35.1 Å². The molecule has 0 aromatic carbocycles. The van der Waals surface area contributed by atoms with Crippen molar-refractivity contribution in [1.82, 2.24) is 4.98 Å². The van der Waals surface area contributed by atoms with Crippen LogP contribution in [-0.4, -0.2) is 17.7 Å². The van der Waals surface area contributed by atoms with Gasteiger partial charge >= 0.3 is 0 Å². The molecule has 86 valence electrons. The molecular weight excluding hydrogens is 198 g/mol. The maximum absolute atomic E-state index is 4.48. The highest BCUT2D eigenvalue weighted by Crippen LogP contribution is 2.39. The van der Waals surface area contributed by atoms with Crippen molar-refractivity contribution in [1.29, 1.82) is 0 Å². The van der Waals surface area contributed by atoms with Gasteiger partial charge in [-0.25, -0.2) is 4.98 Å². The van der Waals surface area contributed by atoms with Gasteiger partial charge in [0.05, 0.1) is 5.69 Å². The third kappa shape index (κ3) is 1.46. The van der Waals surface area contributed by atoms with Crippen molar-refractivity contribution in [2.75, 3.05) is 16.8 Å². The molecule has 1 unspecified atom stereocenters. The molecule has 3 rings (SSSR count). The highest BCUT2D eigenvalue weighted by molar-refractivity contribution is 5.72. The molecular formula is C13H19N3. The standard InChI is InChI=1S/C13H19N3/c1-9(2)10-5-7-16-12(8-10)15-11-4-3-6-14-13(11)16/h3-4,6,9-10,12,15H,5,7-8H2,1-2H3/t10?,12-/m0/s1. The first-order valence-corrected chi connectivity index (χ1v) is 6.24. The smallest absolute Gasteiger partial charge is 0.153 e. The number of nitrogens with one attached hydrogen (secondary N) is 1. The monoisotopic (exact) mass is 217 g/mol. The number of aromatic nitrogens is 1. The highest BCUT2D eigenvalue weighted by atomic mass is 15.4. The number of rotatable bonds is 1. The number of pyridine rings is 1. The second kappa shape index (κ2) is 3.65. The van der Waals surface area contributed by atoms with Crippen molar-refractivity contribution in [3.8, 4) is 0 Å². The van der Waals surface area contributed by atoms with Crippen molar-refractivity contribution >= 4 is 11.5 Å². The predicted molar refractivity (Wildman–Crippen MR) is 66.6 cm³/mol. The Bertz CT molecular complexity index is 389. The van der Waals surface area contributed by atoms with Gasteiger partial charge in [-0.15, -0.1) is 0 Å². The zero-order valence-electron chi connectivity index (χ0n) is 9.98. The van der Waals surface area contributed by atoms with Crippen molar-refractivity contribution < 1.29 is 0 Å². The van der Waals surface area contributed by atoms with Crippen LogP contribution in [0, 0.1) is 11.8 Å². The number of anilines is 2. The molecule has 2 aliphatic rings. The number of hydrogen-bond acceptors (Lipinski definition) is 3. The summed E-state index contributed by atoms with van der Waals surface area (Å²) in [6, 6.07) is 4.13. The van der Waals surface area contributed by atoms with Crippen molar-refractivity contribution in [2.45, 2.75) is 32.9 Å². The summed E-state index contributed by atoms with van der Waals surface area (Å²) in [4.78, 5) is 6.90. The van der Waals surface area contributed by atoms with Gasteiger partial charge in [-0.05, 0) is 36.8 Å². The Hall–Kier alpha value is -1.25. The Morgan fingerprint density at radius 3 is 3.19 bits per heavy atom. The van der Waals surface area contributed by atoms with Crippen molar-refractivity contribution in [3.05, 3.63) is 18.3 Å². The quantitative estimate of drug-likeness (QED) is 0.784. The van der Waals surface area contributed by atoms with E-state index in [1.807, 2.05) is 12.3 Å². The molecule has 1 saturated heterocycles. The molecule has 1 fully saturated rings. The molecule has 0 spiro atoms. The topological polar surface area (TPSA) is 28.2 Å². The van der Waals surface area contributed by atoms with Crippen LogP contribution in [0.15, 0.2) is 18.3 Å². The van der Waals surface area contributed by atoms with Gasteiger partial charge in [0.1, 0.15) is 6.17 Å². The van der Waals surface area contributed by atoms with E-state index in [4.69, 9.17) is 0 Å². The lowest BCUT2D eigenvalue weighted by Crippen LogP contribution is -2.44. The van der Waals surface area contributed by atoms with Crippen LogP contribution in [0.1, 0.15) is 26.7 Å². The van der Waals surface area contributed by atoms with Gasteiger partial charge in [0.2, 0.25) is 0 Å². The van der Waals surface area contributed by atoms with Gasteiger partial charge in [-0.3, -0.25) is 0 Å². The Morgan fingerprint density at radius 1 is 1.50 bits per heavy atom. The average Bonchev–Trinajstić information content (AvgIpc) is 2.66. The average molecular weight is 217 g/mol. The van der Waals surface area contributed by atoms with Crippen LogP contribution < -0.4 is 10.2 Å². The third-order valence-corrected chi connectivity index (χ3v) is 3.97. The van der Waals surface area contributed by atoms with E-state index < -0.39 is 0 Å². The van der Waals surface area contributed by atoms with Gasteiger partial charge in [0.25, 0.3) is 0 Å². The Labute approximate surface area is 96.9 Å². The van der Waals surface area contributed by atoms with E-state index >= 15 is 0 Å². The molecule has 0 amide bonds. The van der Waals surface area contributed by atoms with Gasteiger partial charge in [-0.1, -0.05) is 13.8 Å². The van der Waals surface area contributed by atoms with Crippen LogP contribution in [0.3, 0.4) is 0 Å². The summed E-state index contributed by atoms with van der Waals surface area (Å²) in [6.07, 6.45) is 4.91. The molecule has 3 heterocycles. The Balaban J connectivity index is 1.82. The first-order chi connectivity index (χ1) is 7.75. The van der Waals surface area contributed by atoms with Crippen LogP contribution in [-0.2, 0) is 0 Å². The zero-order valence-corrected chi connectivity index (χ0v) is 9.98. The minimum Gasteiger partial charge on any atom is -0.362 e. The second-order valence-electron chi connectivity index (χ2n) is 5.26. The van der Waals surface area contributed by atoms with E-state index in [1.165, 1.54) is 18.5 Å². The fraction of sp³-hybridized carbons (Fsp3) is 0.615. The molecule has 2 aliphatic heterocycles. The lowest BCUT2D eigenvalue weighted by molar-refractivity contribution is 0.284. The molecule has 0 aliphatic carbocycles. The van der Waals surface area contributed by atoms with E-state index in [-0.39, 0.29) is 0 Å². The third-order valence-electron chi connectivity index (χ3n) is 3.97. The number of piperidine rings is 1. The molecule has 3 nitrogen and oxygen atoms in total. The lowest BCUT2D eigenvalue weighted by Gasteiger charge is -2.37. The molecule has 2 atom stereocenters. The van der Waals surface area contributed by atoms with Crippen LogP contribution in [0.4, 0.5) is 11.5 Å². The molecule has 1 aromatic rings. The minimum absolute atomic E-state index is 0.478. The maximum atomic E-state index is 4.48. The van der Waals surface area contributed by atoms with Crippen LogP contribution in [0.25, 0.3) is 0 Å². The van der Waals surface area contributed by atoms with Gasteiger partial charge in [-0.2, -0.15) is 0 Å². The first-order valence-electron chi connectivity index (χ1n) is 6.24. The van der Waals surface area contributed by atoms with Gasteiger partial charge in [0.15, 0.2) is 5.82 Å². The molecule has 0 bridgehead atoms. The minimum atomic E-state index is 0.478. The Morgan fingerprint density at radius 2 is 2.38 bits per heavy atom. The predicted octanol–water partition coefficient (Wildman–Crippen LogP) is 2.71. The summed E-state index contributed by atoms with van der Waals surface area (Å²) in [7, 11) is 0.